The van der Waals surface area contributed by atoms with E-state index in [9.17, 15) is 4.79 Å². The van der Waals surface area contributed by atoms with Gasteiger partial charge in [-0.1, -0.05) is 55.3 Å². The third-order valence-corrected chi connectivity index (χ3v) is 5.70. The lowest BCUT2D eigenvalue weighted by Gasteiger charge is -2.37. The van der Waals surface area contributed by atoms with E-state index >= 15 is 0 Å². The molecule has 1 aliphatic heterocycles. The molecule has 3 heteroatoms. The van der Waals surface area contributed by atoms with Crippen molar-refractivity contribution in [3.05, 3.63) is 54.1 Å². The molecule has 1 heterocycles. The maximum absolute atomic E-state index is 12.6. The SMILES string of the molecule is O=C(C=Cc1cccc2ccccc12)N1CCN(C2CCCC2)CC1. The van der Waals surface area contributed by atoms with Gasteiger partial charge in [0, 0.05) is 38.3 Å². The van der Waals surface area contributed by atoms with E-state index in [1.807, 2.05) is 29.2 Å². The summed E-state index contributed by atoms with van der Waals surface area (Å²) in [6.45, 7) is 3.77. The zero-order chi connectivity index (χ0) is 17.1. The van der Waals surface area contributed by atoms with E-state index in [1.54, 1.807) is 6.08 Å². The summed E-state index contributed by atoms with van der Waals surface area (Å²) in [5, 5.41) is 2.40. The van der Waals surface area contributed by atoms with Crippen LogP contribution in [0, 0.1) is 0 Å². The number of carbonyl (C=O) groups excluding carboxylic acids is 1. The van der Waals surface area contributed by atoms with Gasteiger partial charge in [-0.15, -0.1) is 0 Å². The van der Waals surface area contributed by atoms with Crippen LogP contribution in [0.1, 0.15) is 31.2 Å². The molecule has 1 amide bonds. The minimum Gasteiger partial charge on any atom is -0.337 e. The minimum atomic E-state index is 0.138. The molecular weight excluding hydrogens is 308 g/mol. The lowest BCUT2D eigenvalue weighted by atomic mass is 10.0. The minimum absolute atomic E-state index is 0.138. The number of benzene rings is 2. The average Bonchev–Trinajstić information content (AvgIpc) is 3.21. The standard InChI is InChI=1S/C22H26N2O/c25-22(24-16-14-23(15-17-24)20-9-2-3-10-20)13-12-19-8-5-7-18-6-1-4-11-21(18)19/h1,4-8,11-13,20H,2-3,9-10,14-17H2. The van der Waals surface area contributed by atoms with E-state index in [1.165, 1.54) is 36.5 Å². The first kappa shape index (κ1) is 16.3. The maximum atomic E-state index is 12.6. The second-order valence-electron chi connectivity index (χ2n) is 7.20. The van der Waals surface area contributed by atoms with E-state index in [0.717, 1.165) is 37.8 Å². The van der Waals surface area contributed by atoms with Crippen molar-refractivity contribution in [1.29, 1.82) is 0 Å². The molecule has 1 saturated heterocycles. The molecule has 0 spiro atoms. The van der Waals surface area contributed by atoms with Gasteiger partial charge in [0.1, 0.15) is 0 Å². The molecule has 1 saturated carbocycles. The number of amides is 1. The van der Waals surface area contributed by atoms with E-state index < -0.39 is 0 Å². The number of carbonyl (C=O) groups is 1. The van der Waals surface area contributed by atoms with Gasteiger partial charge in [-0.3, -0.25) is 9.69 Å². The monoisotopic (exact) mass is 334 g/mol. The third kappa shape index (κ3) is 3.62. The summed E-state index contributed by atoms with van der Waals surface area (Å²) in [6, 6.07) is 15.3. The van der Waals surface area contributed by atoms with Crippen LogP contribution in [0.2, 0.25) is 0 Å². The van der Waals surface area contributed by atoms with Gasteiger partial charge in [0.25, 0.3) is 0 Å². The molecule has 2 aromatic rings. The number of nitrogens with zero attached hydrogens (tertiary/aromatic N) is 2. The lowest BCUT2D eigenvalue weighted by molar-refractivity contribution is -0.127. The van der Waals surface area contributed by atoms with Crippen molar-refractivity contribution in [1.82, 2.24) is 9.80 Å². The first-order valence-corrected chi connectivity index (χ1v) is 9.50. The van der Waals surface area contributed by atoms with Crippen LogP contribution in [0.4, 0.5) is 0 Å². The molecule has 3 nitrogen and oxygen atoms in total. The Kier molecular flexibility index (Phi) is 4.84. The fourth-order valence-electron chi connectivity index (χ4n) is 4.24. The topological polar surface area (TPSA) is 23.6 Å². The van der Waals surface area contributed by atoms with Crippen LogP contribution in [0.3, 0.4) is 0 Å². The van der Waals surface area contributed by atoms with Crippen LogP contribution < -0.4 is 0 Å². The predicted octanol–water partition coefficient (Wildman–Crippen LogP) is 3.94. The molecule has 130 valence electrons. The number of fused-ring (bicyclic) bond motifs is 1. The summed E-state index contributed by atoms with van der Waals surface area (Å²) in [6.07, 6.45) is 9.14. The summed E-state index contributed by atoms with van der Waals surface area (Å²) in [4.78, 5) is 17.1. The molecule has 0 unspecified atom stereocenters. The van der Waals surface area contributed by atoms with Crippen molar-refractivity contribution in [2.75, 3.05) is 26.2 Å². The van der Waals surface area contributed by atoms with Crippen LogP contribution in [-0.2, 0) is 4.79 Å². The highest BCUT2D eigenvalue weighted by Crippen LogP contribution is 2.24. The van der Waals surface area contributed by atoms with Crippen LogP contribution in [0.5, 0.6) is 0 Å². The highest BCUT2D eigenvalue weighted by atomic mass is 16.2. The molecule has 0 N–H and O–H groups in total. The fraction of sp³-hybridized carbons (Fsp3) is 0.409. The molecule has 0 bridgehead atoms. The van der Waals surface area contributed by atoms with Crippen LogP contribution >= 0.6 is 0 Å². The first-order valence-electron chi connectivity index (χ1n) is 9.50. The van der Waals surface area contributed by atoms with Crippen LogP contribution in [0.25, 0.3) is 16.8 Å². The quantitative estimate of drug-likeness (QED) is 0.794. The largest absolute Gasteiger partial charge is 0.337 e. The highest BCUT2D eigenvalue weighted by molar-refractivity contribution is 5.96. The Morgan fingerprint density at radius 3 is 2.44 bits per heavy atom. The van der Waals surface area contributed by atoms with E-state index in [-0.39, 0.29) is 5.91 Å². The second-order valence-corrected chi connectivity index (χ2v) is 7.20. The summed E-state index contributed by atoms with van der Waals surface area (Å²) in [5.41, 5.74) is 1.11. The predicted molar refractivity (Wildman–Crippen MR) is 103 cm³/mol. The van der Waals surface area contributed by atoms with Crippen molar-refractivity contribution in [2.45, 2.75) is 31.7 Å². The first-order chi connectivity index (χ1) is 12.3. The van der Waals surface area contributed by atoms with Crippen molar-refractivity contribution >= 4 is 22.8 Å². The molecule has 2 fully saturated rings. The second kappa shape index (κ2) is 7.40. The van der Waals surface area contributed by atoms with Gasteiger partial charge in [-0.25, -0.2) is 0 Å². The van der Waals surface area contributed by atoms with Crippen molar-refractivity contribution in [2.24, 2.45) is 0 Å². The van der Waals surface area contributed by atoms with Gasteiger partial charge in [0.15, 0.2) is 0 Å². The van der Waals surface area contributed by atoms with E-state index in [2.05, 4.69) is 29.2 Å². The van der Waals surface area contributed by atoms with Crippen LogP contribution in [-0.4, -0.2) is 47.9 Å². The Labute approximate surface area is 149 Å². The van der Waals surface area contributed by atoms with Gasteiger partial charge in [-0.05, 0) is 35.3 Å². The Hall–Kier alpha value is -2.13. The third-order valence-electron chi connectivity index (χ3n) is 5.70. The Morgan fingerprint density at radius 1 is 0.920 bits per heavy atom. The van der Waals surface area contributed by atoms with Crippen molar-refractivity contribution < 1.29 is 4.79 Å². The Balaban J connectivity index is 1.39. The zero-order valence-electron chi connectivity index (χ0n) is 14.7. The molecule has 2 aliphatic rings. The van der Waals surface area contributed by atoms with Gasteiger partial charge in [0.05, 0.1) is 0 Å². The molecule has 2 aromatic carbocycles. The molecule has 0 radical (unpaired) electrons. The van der Waals surface area contributed by atoms with Gasteiger partial charge in [0.2, 0.25) is 5.91 Å². The average molecular weight is 334 g/mol. The normalized spacial score (nSPS) is 19.9. The zero-order valence-corrected chi connectivity index (χ0v) is 14.7. The van der Waals surface area contributed by atoms with Crippen LogP contribution in [0.15, 0.2) is 48.5 Å². The number of hydrogen-bond acceptors (Lipinski definition) is 2. The van der Waals surface area contributed by atoms with Crippen molar-refractivity contribution in [3.8, 4) is 0 Å². The van der Waals surface area contributed by atoms with E-state index in [0.29, 0.717) is 0 Å². The van der Waals surface area contributed by atoms with Gasteiger partial charge in [-0.2, -0.15) is 0 Å². The molecule has 4 rings (SSSR count). The van der Waals surface area contributed by atoms with Gasteiger partial charge < -0.3 is 4.90 Å². The number of piperazine rings is 1. The Morgan fingerprint density at radius 2 is 1.64 bits per heavy atom. The summed E-state index contributed by atoms with van der Waals surface area (Å²) >= 11 is 0. The smallest absolute Gasteiger partial charge is 0.246 e. The number of rotatable bonds is 3. The molecule has 0 atom stereocenters. The maximum Gasteiger partial charge on any atom is 0.246 e. The number of hydrogen-bond donors (Lipinski definition) is 0. The molecular formula is C22H26N2O. The van der Waals surface area contributed by atoms with Crippen molar-refractivity contribution in [3.63, 3.8) is 0 Å². The molecule has 25 heavy (non-hydrogen) atoms. The lowest BCUT2D eigenvalue weighted by Crippen LogP contribution is -2.51. The highest BCUT2D eigenvalue weighted by Gasteiger charge is 2.27. The van der Waals surface area contributed by atoms with Gasteiger partial charge >= 0.3 is 0 Å². The fourth-order valence-corrected chi connectivity index (χ4v) is 4.24. The molecule has 1 aliphatic carbocycles. The van der Waals surface area contributed by atoms with E-state index in [4.69, 9.17) is 0 Å². The molecule has 0 aromatic heterocycles. The summed E-state index contributed by atoms with van der Waals surface area (Å²) in [7, 11) is 0. The summed E-state index contributed by atoms with van der Waals surface area (Å²) < 4.78 is 0. The Bertz CT molecular complexity index is 763. The summed E-state index contributed by atoms with van der Waals surface area (Å²) in [5.74, 6) is 0.138.